The van der Waals surface area contributed by atoms with Gasteiger partial charge in [-0.2, -0.15) is 13.2 Å². The maximum absolute atomic E-state index is 13.7. The molecule has 0 heterocycles. The molecule has 0 saturated heterocycles. The molecule has 136 valence electrons. The van der Waals surface area contributed by atoms with E-state index in [1.807, 2.05) is 0 Å². The first-order valence-corrected chi connectivity index (χ1v) is 7.94. The van der Waals surface area contributed by atoms with Crippen LogP contribution in [0.15, 0.2) is 41.3 Å². The Bertz CT molecular complexity index is 883. The Balaban J connectivity index is 2.35. The minimum atomic E-state index is -4.75. The molecule has 1 N–H and O–H groups in total. The monoisotopic (exact) mass is 385 g/mol. The van der Waals surface area contributed by atoms with Crippen molar-refractivity contribution in [1.82, 2.24) is 0 Å². The van der Waals surface area contributed by atoms with Gasteiger partial charge in [0, 0.05) is 0 Å². The average molecular weight is 385 g/mol. The summed E-state index contributed by atoms with van der Waals surface area (Å²) in [5.74, 6) is -6.03. The summed E-state index contributed by atoms with van der Waals surface area (Å²) in [5, 5.41) is 0. The van der Waals surface area contributed by atoms with Gasteiger partial charge in [-0.15, -0.1) is 0 Å². The van der Waals surface area contributed by atoms with Crippen LogP contribution in [0.4, 0.5) is 32.0 Å². The summed E-state index contributed by atoms with van der Waals surface area (Å²) in [5.41, 5.74) is -0.434. The zero-order valence-electron chi connectivity index (χ0n) is 12.1. The lowest BCUT2D eigenvalue weighted by Gasteiger charge is -2.15. The number of para-hydroxylation sites is 2. The number of rotatable bonds is 5. The van der Waals surface area contributed by atoms with Crippen LogP contribution in [0.5, 0.6) is 5.75 Å². The molecule has 0 spiro atoms. The van der Waals surface area contributed by atoms with Gasteiger partial charge in [0.1, 0.15) is 10.6 Å². The SMILES string of the molecule is O=S(=O)(Nc1ccccc1OCC(F)(F)F)c1ccc(F)c(F)c1F. The molecule has 2 aromatic rings. The van der Waals surface area contributed by atoms with Crippen molar-refractivity contribution in [1.29, 1.82) is 0 Å². The molecule has 0 unspecified atom stereocenters. The summed E-state index contributed by atoms with van der Waals surface area (Å²) in [6.45, 7) is -1.69. The van der Waals surface area contributed by atoms with Gasteiger partial charge < -0.3 is 4.74 Å². The fraction of sp³-hybridized carbons (Fsp3) is 0.143. The summed E-state index contributed by atoms with van der Waals surface area (Å²) >= 11 is 0. The highest BCUT2D eigenvalue weighted by atomic mass is 32.2. The Morgan fingerprint density at radius 1 is 0.960 bits per heavy atom. The van der Waals surface area contributed by atoms with Crippen LogP contribution >= 0.6 is 0 Å². The predicted octanol–water partition coefficient (Wildman–Crippen LogP) is 3.85. The van der Waals surface area contributed by atoms with Crippen molar-refractivity contribution in [3.63, 3.8) is 0 Å². The molecule has 2 aromatic carbocycles. The number of alkyl halides is 3. The van der Waals surface area contributed by atoms with Gasteiger partial charge in [0.2, 0.25) is 0 Å². The number of hydrogen-bond donors (Lipinski definition) is 1. The molecule has 0 amide bonds. The van der Waals surface area contributed by atoms with Gasteiger partial charge in [0.25, 0.3) is 10.0 Å². The Labute approximate surface area is 138 Å². The average Bonchev–Trinajstić information content (AvgIpc) is 2.50. The smallest absolute Gasteiger partial charge is 0.422 e. The molecule has 0 aliphatic rings. The molecule has 2 rings (SSSR count). The minimum Gasteiger partial charge on any atom is -0.482 e. The number of benzene rings is 2. The Morgan fingerprint density at radius 2 is 1.60 bits per heavy atom. The molecular weight excluding hydrogens is 376 g/mol. The van der Waals surface area contributed by atoms with E-state index >= 15 is 0 Å². The molecule has 4 nitrogen and oxygen atoms in total. The Kier molecular flexibility index (Phi) is 5.16. The highest BCUT2D eigenvalue weighted by Crippen LogP contribution is 2.29. The normalized spacial score (nSPS) is 12.1. The standard InChI is InChI=1S/C14H9F6NO3S/c15-8-5-6-11(13(17)12(8)16)25(22,23)21-9-3-1-2-4-10(9)24-7-14(18,19)20/h1-6,21H,7H2. The molecule has 0 atom stereocenters. The first-order chi connectivity index (χ1) is 11.5. The molecule has 0 bridgehead atoms. The number of ether oxygens (including phenoxy) is 1. The van der Waals surface area contributed by atoms with Crippen LogP contribution < -0.4 is 9.46 Å². The second-order valence-corrected chi connectivity index (χ2v) is 6.33. The summed E-state index contributed by atoms with van der Waals surface area (Å²) in [6, 6.07) is 5.54. The van der Waals surface area contributed by atoms with Crippen LogP contribution in [-0.2, 0) is 10.0 Å². The third-order valence-corrected chi connectivity index (χ3v) is 4.19. The van der Waals surface area contributed by atoms with Gasteiger partial charge >= 0.3 is 6.18 Å². The van der Waals surface area contributed by atoms with Crippen molar-refractivity contribution in [2.24, 2.45) is 0 Å². The topological polar surface area (TPSA) is 55.4 Å². The molecular formula is C14H9F6NO3S. The fourth-order valence-electron chi connectivity index (χ4n) is 1.75. The van der Waals surface area contributed by atoms with E-state index in [0.29, 0.717) is 12.1 Å². The van der Waals surface area contributed by atoms with E-state index in [0.717, 1.165) is 12.1 Å². The Hall–Kier alpha value is -2.43. The van der Waals surface area contributed by atoms with Gasteiger partial charge in [-0.25, -0.2) is 21.6 Å². The summed E-state index contributed by atoms with van der Waals surface area (Å²) in [4.78, 5) is -1.21. The minimum absolute atomic E-state index is 0.402. The number of nitrogens with one attached hydrogen (secondary N) is 1. The van der Waals surface area contributed by atoms with Crippen molar-refractivity contribution in [2.75, 3.05) is 11.3 Å². The highest BCUT2D eigenvalue weighted by Gasteiger charge is 2.29. The van der Waals surface area contributed by atoms with Crippen LogP contribution in [0, 0.1) is 17.5 Å². The lowest BCUT2D eigenvalue weighted by Crippen LogP contribution is -2.21. The number of sulfonamides is 1. The fourth-order valence-corrected chi connectivity index (χ4v) is 2.89. The van der Waals surface area contributed by atoms with Gasteiger partial charge in [-0.05, 0) is 24.3 Å². The maximum Gasteiger partial charge on any atom is 0.422 e. The van der Waals surface area contributed by atoms with Crippen LogP contribution in [0.2, 0.25) is 0 Å². The van der Waals surface area contributed by atoms with E-state index in [1.54, 1.807) is 4.72 Å². The summed E-state index contributed by atoms with van der Waals surface area (Å²) in [7, 11) is -4.75. The van der Waals surface area contributed by atoms with Crippen molar-refractivity contribution in [3.05, 3.63) is 53.8 Å². The number of hydrogen-bond acceptors (Lipinski definition) is 3. The van der Waals surface area contributed by atoms with Crippen LogP contribution in [-0.4, -0.2) is 21.2 Å². The molecule has 0 radical (unpaired) electrons. The van der Waals surface area contributed by atoms with Crippen molar-refractivity contribution >= 4 is 15.7 Å². The lowest BCUT2D eigenvalue weighted by molar-refractivity contribution is -0.153. The van der Waals surface area contributed by atoms with E-state index in [1.165, 1.54) is 12.1 Å². The number of halogens is 6. The van der Waals surface area contributed by atoms with Crippen molar-refractivity contribution in [3.8, 4) is 5.75 Å². The van der Waals surface area contributed by atoms with E-state index in [-0.39, 0.29) is 0 Å². The lowest BCUT2D eigenvalue weighted by atomic mass is 10.3. The zero-order chi connectivity index (χ0) is 18.8. The largest absolute Gasteiger partial charge is 0.482 e. The third kappa shape index (κ3) is 4.56. The van der Waals surface area contributed by atoms with Crippen molar-refractivity contribution < 1.29 is 39.5 Å². The third-order valence-electron chi connectivity index (χ3n) is 2.81. The molecule has 0 aliphatic heterocycles. The Morgan fingerprint density at radius 3 is 2.24 bits per heavy atom. The van der Waals surface area contributed by atoms with Crippen LogP contribution in [0.25, 0.3) is 0 Å². The van der Waals surface area contributed by atoms with E-state index in [2.05, 4.69) is 4.74 Å². The summed E-state index contributed by atoms with van der Waals surface area (Å²) < 4.78 is 107. The molecule has 0 aromatic heterocycles. The maximum atomic E-state index is 13.7. The van der Waals surface area contributed by atoms with Crippen LogP contribution in [0.3, 0.4) is 0 Å². The first kappa shape index (κ1) is 18.9. The van der Waals surface area contributed by atoms with E-state index < -0.39 is 56.6 Å². The molecule has 11 heteroatoms. The predicted molar refractivity (Wildman–Crippen MR) is 75.1 cm³/mol. The molecule has 25 heavy (non-hydrogen) atoms. The molecule has 0 aliphatic carbocycles. The summed E-state index contributed by atoms with van der Waals surface area (Å²) in [6.07, 6.45) is -4.67. The van der Waals surface area contributed by atoms with Crippen LogP contribution in [0.1, 0.15) is 0 Å². The van der Waals surface area contributed by atoms with Gasteiger partial charge in [0.15, 0.2) is 24.1 Å². The van der Waals surface area contributed by atoms with E-state index in [4.69, 9.17) is 0 Å². The highest BCUT2D eigenvalue weighted by molar-refractivity contribution is 7.92. The molecule has 0 saturated carbocycles. The number of anilines is 1. The quantitative estimate of drug-likeness (QED) is 0.629. The van der Waals surface area contributed by atoms with Gasteiger partial charge in [0.05, 0.1) is 5.69 Å². The second kappa shape index (κ2) is 6.82. The van der Waals surface area contributed by atoms with Crippen molar-refractivity contribution in [2.45, 2.75) is 11.1 Å². The first-order valence-electron chi connectivity index (χ1n) is 6.46. The van der Waals surface area contributed by atoms with Gasteiger partial charge in [-0.3, -0.25) is 4.72 Å². The zero-order valence-corrected chi connectivity index (χ0v) is 12.9. The van der Waals surface area contributed by atoms with Gasteiger partial charge in [-0.1, -0.05) is 12.1 Å². The van der Waals surface area contributed by atoms with E-state index in [9.17, 15) is 34.8 Å². The second-order valence-electron chi connectivity index (χ2n) is 4.68. The molecule has 0 fully saturated rings.